The van der Waals surface area contributed by atoms with E-state index < -0.39 is 47.6 Å². The minimum absolute atomic E-state index is 0.0193. The molecular formula is C29H32F3N5O7. The third kappa shape index (κ3) is 8.03. The summed E-state index contributed by atoms with van der Waals surface area (Å²) in [5.41, 5.74) is -0.802. The van der Waals surface area contributed by atoms with Gasteiger partial charge in [0, 0.05) is 12.1 Å². The molecule has 1 saturated heterocycles. The van der Waals surface area contributed by atoms with Gasteiger partial charge < -0.3 is 29.1 Å². The number of aryl methyl sites for hydroxylation is 2. The van der Waals surface area contributed by atoms with E-state index >= 15 is 0 Å². The van der Waals surface area contributed by atoms with Crippen LogP contribution in [0, 0.1) is 0 Å². The molecule has 15 heteroatoms. The number of amides is 2. The van der Waals surface area contributed by atoms with Crippen molar-refractivity contribution in [2.75, 3.05) is 13.7 Å². The van der Waals surface area contributed by atoms with Gasteiger partial charge in [-0.15, -0.1) is 4.99 Å². The Morgan fingerprint density at radius 2 is 1.84 bits per heavy atom. The van der Waals surface area contributed by atoms with Gasteiger partial charge in [-0.1, -0.05) is 29.4 Å². The molecule has 3 N–H and O–H groups in total. The van der Waals surface area contributed by atoms with Gasteiger partial charge in [0.05, 0.1) is 18.8 Å². The van der Waals surface area contributed by atoms with E-state index in [-0.39, 0.29) is 42.2 Å². The summed E-state index contributed by atoms with van der Waals surface area (Å²) in [6.45, 7) is 4.87. The van der Waals surface area contributed by atoms with E-state index in [0.717, 1.165) is 11.6 Å². The summed E-state index contributed by atoms with van der Waals surface area (Å²) in [5.74, 6) is -0.200. The molecule has 2 amide bonds. The third-order valence-corrected chi connectivity index (χ3v) is 6.66. The molecule has 2 heterocycles. The second-order valence-corrected chi connectivity index (χ2v) is 11.0. The number of rotatable bonds is 6. The highest BCUT2D eigenvalue weighted by molar-refractivity contribution is 5.98. The van der Waals surface area contributed by atoms with Crippen molar-refractivity contribution in [2.24, 2.45) is 4.99 Å². The lowest BCUT2D eigenvalue weighted by atomic mass is 9.97. The zero-order chi connectivity index (χ0) is 32.2. The van der Waals surface area contributed by atoms with Gasteiger partial charge in [-0.3, -0.25) is 5.32 Å². The van der Waals surface area contributed by atoms with Crippen LogP contribution in [0.15, 0.2) is 52.0 Å². The van der Waals surface area contributed by atoms with E-state index in [1.807, 2.05) is 0 Å². The summed E-state index contributed by atoms with van der Waals surface area (Å²) in [7, 11) is 1.53. The molecule has 3 aromatic rings. The van der Waals surface area contributed by atoms with E-state index in [0.29, 0.717) is 12.2 Å². The van der Waals surface area contributed by atoms with Crippen LogP contribution in [0.3, 0.4) is 0 Å². The number of carboxylic acid groups (broad SMARTS) is 1. The number of aromatic nitrogens is 2. The number of nitrogens with one attached hydrogen (secondary N) is 1. The molecule has 0 unspecified atom stereocenters. The summed E-state index contributed by atoms with van der Waals surface area (Å²) in [6.07, 6.45) is -7.84. The maximum atomic E-state index is 14.1. The minimum atomic E-state index is -4.66. The summed E-state index contributed by atoms with van der Waals surface area (Å²) in [5, 5.41) is 26.1. The largest absolute Gasteiger partial charge is 0.497 e. The van der Waals surface area contributed by atoms with Crippen molar-refractivity contribution in [1.82, 2.24) is 20.4 Å². The number of benzene rings is 2. The molecule has 1 fully saturated rings. The molecule has 1 aliphatic heterocycles. The molecule has 4 rings (SSSR count). The van der Waals surface area contributed by atoms with E-state index in [4.69, 9.17) is 14.0 Å². The average Bonchev–Trinajstić information content (AvgIpc) is 3.56. The monoisotopic (exact) mass is 619 g/mol. The Bertz CT molecular complexity index is 1520. The first-order chi connectivity index (χ1) is 20.6. The smallest absolute Gasteiger partial charge is 0.434 e. The van der Waals surface area contributed by atoms with Crippen LogP contribution in [0.4, 0.5) is 22.8 Å². The Hall–Kier alpha value is -4.66. The van der Waals surface area contributed by atoms with Crippen molar-refractivity contribution in [3.8, 4) is 17.1 Å². The predicted octanol–water partition coefficient (Wildman–Crippen LogP) is 5.22. The number of alkyl halides is 3. The van der Waals surface area contributed by atoms with Gasteiger partial charge >= 0.3 is 18.4 Å². The van der Waals surface area contributed by atoms with Gasteiger partial charge in [0.1, 0.15) is 17.4 Å². The number of aliphatic hydroxyl groups excluding tert-OH is 1. The average molecular weight is 620 g/mol. The SMILES string of the molecule is COc1ccc(CCc2ccc(-c3noc([C@@H]4[C@@H](O)CCN4/C(=N/C(=O)O)NC(=O)OC(C)(C)C)n3)cc2C(F)(F)F)cc1. The quantitative estimate of drug-likeness (QED) is 0.247. The van der Waals surface area contributed by atoms with Crippen molar-refractivity contribution in [3.05, 3.63) is 65.0 Å². The molecule has 0 radical (unpaired) electrons. The summed E-state index contributed by atoms with van der Waals surface area (Å²) in [4.78, 5) is 32.7. The van der Waals surface area contributed by atoms with E-state index in [9.17, 15) is 33.0 Å². The number of carbonyl (C=O) groups is 2. The molecule has 0 saturated carbocycles. The summed E-state index contributed by atoms with van der Waals surface area (Å²) < 4.78 is 57.9. The first-order valence-electron chi connectivity index (χ1n) is 13.6. The summed E-state index contributed by atoms with van der Waals surface area (Å²) in [6, 6.07) is 9.63. The van der Waals surface area contributed by atoms with E-state index in [1.54, 1.807) is 45.0 Å². The number of guanidine groups is 1. The number of nitrogens with zero attached hydrogens (tertiary/aromatic N) is 4. The molecule has 44 heavy (non-hydrogen) atoms. The van der Waals surface area contributed by atoms with Crippen LogP contribution in [0.2, 0.25) is 0 Å². The van der Waals surface area contributed by atoms with Crippen molar-refractivity contribution in [3.63, 3.8) is 0 Å². The van der Waals surface area contributed by atoms with Crippen LogP contribution in [0.1, 0.15) is 55.8 Å². The number of likely N-dealkylation sites (tertiary alicyclic amines) is 1. The maximum absolute atomic E-state index is 14.1. The Labute approximate surface area is 250 Å². The fraction of sp³-hybridized carbons (Fsp3) is 0.414. The lowest BCUT2D eigenvalue weighted by Gasteiger charge is -2.27. The fourth-order valence-corrected chi connectivity index (χ4v) is 4.70. The van der Waals surface area contributed by atoms with Gasteiger partial charge in [-0.25, -0.2) is 9.59 Å². The van der Waals surface area contributed by atoms with Crippen molar-refractivity contribution in [2.45, 2.75) is 64.0 Å². The van der Waals surface area contributed by atoms with Crippen LogP contribution >= 0.6 is 0 Å². The number of hydrogen-bond acceptors (Lipinski definition) is 8. The standard InChI is InChI=1S/C29H32F3N5O7/c1-28(2,3)43-27(41)35-25(34-26(39)40)37-14-13-21(38)22(37)24-33-23(36-44-24)18-10-9-17(20(15-18)29(30,31)32)8-5-16-6-11-19(42-4)12-7-16/h6-7,9-12,15,21-22,38H,5,8,13-14H2,1-4H3,(H,39,40)(H,34,35,41)/t21-,22-/m0/s1. The van der Waals surface area contributed by atoms with Gasteiger partial charge in [0.15, 0.2) is 0 Å². The Balaban J connectivity index is 1.59. The molecule has 12 nitrogen and oxygen atoms in total. The van der Waals surface area contributed by atoms with Crippen LogP contribution in [0.5, 0.6) is 5.75 Å². The first-order valence-corrected chi connectivity index (χ1v) is 13.6. The number of hydrogen-bond donors (Lipinski definition) is 3. The number of alkyl carbamates (subject to hydrolysis) is 1. The first kappa shape index (κ1) is 32.3. The third-order valence-electron chi connectivity index (χ3n) is 6.66. The highest BCUT2D eigenvalue weighted by Gasteiger charge is 2.41. The lowest BCUT2D eigenvalue weighted by Crippen LogP contribution is -2.47. The molecule has 0 aliphatic carbocycles. The van der Waals surface area contributed by atoms with Crippen molar-refractivity contribution < 1.29 is 47.0 Å². The second-order valence-electron chi connectivity index (χ2n) is 11.0. The molecule has 236 valence electrons. The molecule has 0 bridgehead atoms. The minimum Gasteiger partial charge on any atom is -0.497 e. The molecule has 1 aromatic heterocycles. The lowest BCUT2D eigenvalue weighted by molar-refractivity contribution is -0.138. The maximum Gasteiger partial charge on any atom is 0.434 e. The zero-order valence-electron chi connectivity index (χ0n) is 24.4. The predicted molar refractivity (Wildman–Crippen MR) is 150 cm³/mol. The number of ether oxygens (including phenoxy) is 2. The topological polar surface area (TPSA) is 160 Å². The molecule has 1 aliphatic rings. The van der Waals surface area contributed by atoms with Gasteiger partial charge in [0.25, 0.3) is 5.89 Å². The number of methoxy groups -OCH3 is 1. The number of halogens is 3. The van der Waals surface area contributed by atoms with Crippen LogP contribution in [-0.4, -0.2) is 68.8 Å². The fourth-order valence-electron chi connectivity index (χ4n) is 4.70. The van der Waals surface area contributed by atoms with Crippen LogP contribution in [-0.2, 0) is 23.8 Å². The highest BCUT2D eigenvalue weighted by atomic mass is 19.4. The Morgan fingerprint density at radius 1 is 1.14 bits per heavy atom. The number of aliphatic hydroxyl groups is 1. The molecule has 2 atom stereocenters. The van der Waals surface area contributed by atoms with Crippen LogP contribution < -0.4 is 10.1 Å². The van der Waals surface area contributed by atoms with Crippen LogP contribution in [0.25, 0.3) is 11.4 Å². The normalized spacial score (nSPS) is 17.5. The Kier molecular flexibility index (Phi) is 9.47. The van der Waals surface area contributed by atoms with E-state index in [1.165, 1.54) is 24.1 Å². The number of carbonyl (C=O) groups excluding carboxylic acids is 1. The molecule has 0 spiro atoms. The highest BCUT2D eigenvalue weighted by Crippen LogP contribution is 2.37. The zero-order valence-corrected chi connectivity index (χ0v) is 24.4. The second kappa shape index (κ2) is 12.9. The summed E-state index contributed by atoms with van der Waals surface area (Å²) >= 11 is 0. The van der Waals surface area contributed by atoms with Gasteiger partial charge in [-0.05, 0) is 69.4 Å². The van der Waals surface area contributed by atoms with Crippen molar-refractivity contribution >= 4 is 18.1 Å². The molecule has 2 aromatic carbocycles. The van der Waals surface area contributed by atoms with Crippen molar-refractivity contribution in [1.29, 1.82) is 0 Å². The van der Waals surface area contributed by atoms with E-state index in [2.05, 4.69) is 20.4 Å². The Morgan fingerprint density at radius 3 is 2.45 bits per heavy atom. The molecular weight excluding hydrogens is 587 g/mol. The van der Waals surface area contributed by atoms with Gasteiger partial charge in [0.2, 0.25) is 11.8 Å². The van der Waals surface area contributed by atoms with Gasteiger partial charge in [-0.2, -0.15) is 18.2 Å². The number of aliphatic imine (C=N–C) groups is 1.